The first kappa shape index (κ1) is 24.0. The van der Waals surface area contributed by atoms with Crippen LogP contribution in [-0.4, -0.2) is 49.6 Å². The van der Waals surface area contributed by atoms with Crippen LogP contribution in [0.5, 0.6) is 0 Å². The van der Waals surface area contributed by atoms with Crippen molar-refractivity contribution in [2.24, 2.45) is 11.3 Å². The van der Waals surface area contributed by atoms with Crippen LogP contribution in [0.1, 0.15) is 60.3 Å². The standard InChI is InChI=1S/C24H40N4O2/c1-6-7-12-25-23(30)28-15-13-27(14-16-28)21-10-8-20(9-11-21)26-22(29)17-19(2)18-24(3,4)5/h8-11,19H,6-7,12-18H2,1-5H3,(H,25,30)(H,26,29)/t19-/m0/s1. The monoisotopic (exact) mass is 416 g/mol. The Bertz CT molecular complexity index is 673. The van der Waals surface area contributed by atoms with E-state index in [-0.39, 0.29) is 17.4 Å². The van der Waals surface area contributed by atoms with Crippen molar-refractivity contribution in [3.8, 4) is 0 Å². The molecule has 3 amide bonds. The molecular formula is C24H40N4O2. The first-order valence-electron chi connectivity index (χ1n) is 11.4. The summed E-state index contributed by atoms with van der Waals surface area (Å²) in [6.07, 6.45) is 3.67. The third kappa shape index (κ3) is 8.25. The van der Waals surface area contributed by atoms with Gasteiger partial charge >= 0.3 is 6.03 Å². The van der Waals surface area contributed by atoms with E-state index in [0.29, 0.717) is 12.3 Å². The summed E-state index contributed by atoms with van der Waals surface area (Å²) in [4.78, 5) is 28.7. The summed E-state index contributed by atoms with van der Waals surface area (Å²) in [6, 6.07) is 8.06. The van der Waals surface area contributed by atoms with Gasteiger partial charge in [-0.2, -0.15) is 0 Å². The van der Waals surface area contributed by atoms with Gasteiger partial charge in [0.1, 0.15) is 0 Å². The van der Waals surface area contributed by atoms with E-state index < -0.39 is 0 Å². The fourth-order valence-corrected chi connectivity index (χ4v) is 4.05. The Morgan fingerprint density at radius 1 is 1.07 bits per heavy atom. The van der Waals surface area contributed by atoms with Crippen molar-refractivity contribution < 1.29 is 9.59 Å². The summed E-state index contributed by atoms with van der Waals surface area (Å²) < 4.78 is 0. The predicted molar refractivity (Wildman–Crippen MR) is 125 cm³/mol. The highest BCUT2D eigenvalue weighted by atomic mass is 16.2. The van der Waals surface area contributed by atoms with Crippen molar-refractivity contribution in [1.29, 1.82) is 0 Å². The zero-order valence-corrected chi connectivity index (χ0v) is 19.5. The number of hydrogen-bond donors (Lipinski definition) is 2. The van der Waals surface area contributed by atoms with Gasteiger partial charge in [-0.25, -0.2) is 4.79 Å². The van der Waals surface area contributed by atoms with Gasteiger partial charge in [0.05, 0.1) is 0 Å². The van der Waals surface area contributed by atoms with Crippen LogP contribution >= 0.6 is 0 Å². The number of anilines is 2. The molecule has 6 nitrogen and oxygen atoms in total. The van der Waals surface area contributed by atoms with Gasteiger partial charge in [-0.3, -0.25) is 4.79 Å². The number of amides is 3. The van der Waals surface area contributed by atoms with Crippen LogP contribution in [0.25, 0.3) is 0 Å². The Hall–Kier alpha value is -2.24. The Kier molecular flexibility index (Phi) is 9.00. The van der Waals surface area contributed by atoms with Crippen LogP contribution in [-0.2, 0) is 4.79 Å². The zero-order chi connectivity index (χ0) is 22.1. The quantitative estimate of drug-likeness (QED) is 0.603. The highest BCUT2D eigenvalue weighted by molar-refractivity contribution is 5.91. The molecule has 1 aliphatic rings. The molecule has 0 bridgehead atoms. The van der Waals surface area contributed by atoms with Crippen LogP contribution in [0.15, 0.2) is 24.3 Å². The summed E-state index contributed by atoms with van der Waals surface area (Å²) in [5, 5.41) is 6.00. The zero-order valence-electron chi connectivity index (χ0n) is 19.5. The number of hydrogen-bond acceptors (Lipinski definition) is 3. The maximum absolute atomic E-state index is 12.3. The minimum atomic E-state index is 0.0434. The molecule has 6 heteroatoms. The van der Waals surface area contributed by atoms with Gasteiger partial charge in [0, 0.05) is 50.5 Å². The van der Waals surface area contributed by atoms with Crippen molar-refractivity contribution >= 4 is 23.3 Å². The third-order valence-corrected chi connectivity index (χ3v) is 5.38. The fourth-order valence-electron chi connectivity index (χ4n) is 4.05. The van der Waals surface area contributed by atoms with Crippen LogP contribution in [0, 0.1) is 11.3 Å². The predicted octanol–water partition coefficient (Wildman–Crippen LogP) is 4.72. The molecule has 2 rings (SSSR count). The summed E-state index contributed by atoms with van der Waals surface area (Å²) in [6.45, 7) is 14.7. The Morgan fingerprint density at radius 3 is 2.27 bits per heavy atom. The van der Waals surface area contributed by atoms with Gasteiger partial charge in [0.2, 0.25) is 5.91 Å². The first-order chi connectivity index (χ1) is 14.2. The lowest BCUT2D eigenvalue weighted by Gasteiger charge is -2.36. The van der Waals surface area contributed by atoms with Crippen molar-refractivity contribution in [1.82, 2.24) is 10.2 Å². The molecule has 0 unspecified atom stereocenters. The molecule has 0 radical (unpaired) electrons. The number of nitrogens with one attached hydrogen (secondary N) is 2. The summed E-state index contributed by atoms with van der Waals surface area (Å²) in [7, 11) is 0. The van der Waals surface area contributed by atoms with Gasteiger partial charge < -0.3 is 20.4 Å². The molecule has 1 heterocycles. The largest absolute Gasteiger partial charge is 0.368 e. The van der Waals surface area contributed by atoms with Crippen LogP contribution in [0.4, 0.5) is 16.2 Å². The van der Waals surface area contributed by atoms with Crippen LogP contribution in [0.3, 0.4) is 0 Å². The van der Waals surface area contributed by atoms with E-state index >= 15 is 0 Å². The average molecular weight is 417 g/mol. The molecule has 0 aliphatic carbocycles. The molecule has 0 aromatic heterocycles. The number of unbranched alkanes of at least 4 members (excludes halogenated alkanes) is 1. The number of piperazine rings is 1. The van der Waals surface area contributed by atoms with E-state index in [1.165, 1.54) is 0 Å². The number of urea groups is 1. The molecule has 1 aliphatic heterocycles. The van der Waals surface area contributed by atoms with E-state index in [0.717, 1.165) is 63.4 Å². The highest BCUT2D eigenvalue weighted by Gasteiger charge is 2.21. The second-order valence-electron chi connectivity index (χ2n) is 9.73. The van der Waals surface area contributed by atoms with Crippen LogP contribution < -0.4 is 15.5 Å². The van der Waals surface area contributed by atoms with E-state index in [1.807, 2.05) is 29.2 Å². The van der Waals surface area contributed by atoms with Crippen molar-refractivity contribution in [2.75, 3.05) is 42.9 Å². The summed E-state index contributed by atoms with van der Waals surface area (Å²) in [5.41, 5.74) is 2.20. The normalized spacial score (nSPS) is 15.6. The number of carbonyl (C=O) groups excluding carboxylic acids is 2. The minimum Gasteiger partial charge on any atom is -0.368 e. The molecule has 2 N–H and O–H groups in total. The minimum absolute atomic E-state index is 0.0434. The Labute approximate surface area is 182 Å². The molecule has 1 fully saturated rings. The smallest absolute Gasteiger partial charge is 0.317 e. The Morgan fingerprint density at radius 2 is 1.70 bits per heavy atom. The van der Waals surface area contributed by atoms with E-state index in [1.54, 1.807) is 0 Å². The number of nitrogens with zero attached hydrogens (tertiary/aromatic N) is 2. The van der Waals surface area contributed by atoms with Gasteiger partial charge in [-0.05, 0) is 48.4 Å². The maximum Gasteiger partial charge on any atom is 0.317 e. The fraction of sp³-hybridized carbons (Fsp3) is 0.667. The molecule has 1 aromatic carbocycles. The third-order valence-electron chi connectivity index (χ3n) is 5.38. The number of carbonyl (C=O) groups is 2. The van der Waals surface area contributed by atoms with Gasteiger partial charge in [0.25, 0.3) is 0 Å². The molecule has 168 valence electrons. The van der Waals surface area contributed by atoms with Crippen molar-refractivity contribution in [2.45, 2.75) is 60.3 Å². The van der Waals surface area contributed by atoms with E-state index in [4.69, 9.17) is 0 Å². The maximum atomic E-state index is 12.3. The number of rotatable bonds is 8. The molecular weight excluding hydrogens is 376 g/mol. The SMILES string of the molecule is CCCCNC(=O)N1CCN(c2ccc(NC(=O)C[C@H](C)CC(C)(C)C)cc2)CC1. The molecule has 1 aromatic rings. The lowest BCUT2D eigenvalue weighted by atomic mass is 9.84. The summed E-state index contributed by atoms with van der Waals surface area (Å²) in [5.74, 6) is 0.432. The van der Waals surface area contributed by atoms with Gasteiger partial charge in [-0.15, -0.1) is 0 Å². The second-order valence-corrected chi connectivity index (χ2v) is 9.73. The lowest BCUT2D eigenvalue weighted by Crippen LogP contribution is -2.52. The number of benzene rings is 1. The molecule has 1 saturated heterocycles. The first-order valence-corrected chi connectivity index (χ1v) is 11.4. The van der Waals surface area contributed by atoms with Gasteiger partial charge in [-0.1, -0.05) is 41.0 Å². The highest BCUT2D eigenvalue weighted by Crippen LogP contribution is 2.26. The second kappa shape index (κ2) is 11.2. The molecule has 0 saturated carbocycles. The Balaban J connectivity index is 1.78. The van der Waals surface area contributed by atoms with Crippen molar-refractivity contribution in [3.63, 3.8) is 0 Å². The van der Waals surface area contributed by atoms with Gasteiger partial charge in [0.15, 0.2) is 0 Å². The van der Waals surface area contributed by atoms with E-state index in [2.05, 4.69) is 50.2 Å². The molecule has 1 atom stereocenters. The molecule has 30 heavy (non-hydrogen) atoms. The van der Waals surface area contributed by atoms with E-state index in [9.17, 15) is 9.59 Å². The summed E-state index contributed by atoms with van der Waals surface area (Å²) >= 11 is 0. The van der Waals surface area contributed by atoms with Crippen LogP contribution in [0.2, 0.25) is 0 Å². The topological polar surface area (TPSA) is 64.7 Å². The molecule has 0 spiro atoms. The lowest BCUT2D eigenvalue weighted by molar-refractivity contribution is -0.117. The van der Waals surface area contributed by atoms with Crippen molar-refractivity contribution in [3.05, 3.63) is 24.3 Å². The average Bonchev–Trinajstić information content (AvgIpc) is 2.67.